The zero-order valence-corrected chi connectivity index (χ0v) is 10.6. The summed E-state index contributed by atoms with van der Waals surface area (Å²) in [5, 5.41) is 0. The average Bonchev–Trinajstić information content (AvgIpc) is 2.32. The molecule has 0 bridgehead atoms. The topological polar surface area (TPSA) is 53.7 Å². The minimum absolute atomic E-state index is 0.612. The zero-order chi connectivity index (χ0) is 12.5. The Hall–Kier alpha value is -1.26. The molecule has 0 aliphatic heterocycles. The maximum Gasteiger partial charge on any atom is 0.142 e. The second-order valence-electron chi connectivity index (χ2n) is 3.85. The molecule has 0 unspecified atom stereocenters. The minimum Gasteiger partial charge on any atom is -0.491 e. The summed E-state index contributed by atoms with van der Waals surface area (Å²) in [6.45, 7) is 4.56. The Balaban J connectivity index is 2.15. The number of hydrogen-bond donors (Lipinski definition) is 1. The predicted octanol–water partition coefficient (Wildman–Crippen LogP) is 2.01. The molecule has 0 spiro atoms. The molecule has 0 aromatic heterocycles. The molecule has 17 heavy (non-hydrogen) atoms. The van der Waals surface area contributed by atoms with E-state index < -0.39 is 0 Å². The summed E-state index contributed by atoms with van der Waals surface area (Å²) in [4.78, 5) is 0. The van der Waals surface area contributed by atoms with Gasteiger partial charge in [0.2, 0.25) is 0 Å². The molecule has 0 radical (unpaired) electrons. The van der Waals surface area contributed by atoms with Crippen LogP contribution in [0.3, 0.4) is 0 Å². The van der Waals surface area contributed by atoms with Gasteiger partial charge in [0, 0.05) is 20.1 Å². The van der Waals surface area contributed by atoms with Gasteiger partial charge in [-0.15, -0.1) is 0 Å². The number of methoxy groups -OCH3 is 1. The summed E-state index contributed by atoms with van der Waals surface area (Å²) in [6, 6.07) is 5.77. The van der Waals surface area contributed by atoms with Crippen LogP contribution in [0.15, 0.2) is 18.2 Å². The molecule has 0 amide bonds. The third-order valence-electron chi connectivity index (χ3n) is 2.29. The van der Waals surface area contributed by atoms with Crippen molar-refractivity contribution in [2.45, 2.75) is 13.3 Å². The lowest BCUT2D eigenvalue weighted by Gasteiger charge is -2.09. The van der Waals surface area contributed by atoms with Crippen molar-refractivity contribution in [3.8, 4) is 5.75 Å². The van der Waals surface area contributed by atoms with Gasteiger partial charge < -0.3 is 19.9 Å². The predicted molar refractivity (Wildman–Crippen MR) is 68.4 cm³/mol. The summed E-state index contributed by atoms with van der Waals surface area (Å²) in [7, 11) is 1.66. The SMILES string of the molecule is COCCOCCCOc1cc(C)ccc1N. The quantitative estimate of drug-likeness (QED) is 0.557. The number of hydrogen-bond acceptors (Lipinski definition) is 4. The van der Waals surface area contributed by atoms with Crippen molar-refractivity contribution < 1.29 is 14.2 Å². The Morgan fingerprint density at radius 1 is 1.12 bits per heavy atom. The Morgan fingerprint density at radius 3 is 2.71 bits per heavy atom. The molecule has 4 heteroatoms. The van der Waals surface area contributed by atoms with Crippen LogP contribution in [0.1, 0.15) is 12.0 Å². The molecule has 0 aliphatic rings. The van der Waals surface area contributed by atoms with E-state index in [2.05, 4.69) is 0 Å². The molecular weight excluding hydrogens is 218 g/mol. The Morgan fingerprint density at radius 2 is 1.94 bits per heavy atom. The van der Waals surface area contributed by atoms with E-state index in [0.717, 1.165) is 17.7 Å². The van der Waals surface area contributed by atoms with Gasteiger partial charge in [0.1, 0.15) is 5.75 Å². The van der Waals surface area contributed by atoms with Gasteiger partial charge in [0.05, 0.1) is 25.5 Å². The van der Waals surface area contributed by atoms with Crippen molar-refractivity contribution in [2.75, 3.05) is 39.3 Å². The van der Waals surface area contributed by atoms with E-state index in [1.54, 1.807) is 7.11 Å². The monoisotopic (exact) mass is 239 g/mol. The van der Waals surface area contributed by atoms with Gasteiger partial charge in [0.15, 0.2) is 0 Å². The third-order valence-corrected chi connectivity index (χ3v) is 2.29. The number of benzene rings is 1. The largest absolute Gasteiger partial charge is 0.491 e. The smallest absolute Gasteiger partial charge is 0.142 e. The molecule has 2 N–H and O–H groups in total. The van der Waals surface area contributed by atoms with Gasteiger partial charge in [-0.1, -0.05) is 6.07 Å². The average molecular weight is 239 g/mol. The standard InChI is InChI=1S/C13H21NO3/c1-11-4-5-12(14)13(10-11)17-7-3-6-16-9-8-15-2/h4-5,10H,3,6-9,14H2,1-2H3. The normalized spacial score (nSPS) is 10.5. The van der Waals surface area contributed by atoms with Crippen molar-refractivity contribution in [3.05, 3.63) is 23.8 Å². The molecule has 0 fully saturated rings. The van der Waals surface area contributed by atoms with Crippen molar-refractivity contribution >= 4 is 5.69 Å². The number of anilines is 1. The lowest BCUT2D eigenvalue weighted by Crippen LogP contribution is -2.07. The maximum atomic E-state index is 5.80. The van der Waals surface area contributed by atoms with Gasteiger partial charge in [-0.2, -0.15) is 0 Å². The number of nitrogens with two attached hydrogens (primary N) is 1. The Kier molecular flexibility index (Phi) is 6.43. The van der Waals surface area contributed by atoms with Crippen LogP contribution < -0.4 is 10.5 Å². The fourth-order valence-corrected chi connectivity index (χ4v) is 1.35. The molecule has 0 atom stereocenters. The van der Waals surface area contributed by atoms with E-state index in [1.165, 1.54) is 0 Å². The third kappa shape index (κ3) is 5.56. The van der Waals surface area contributed by atoms with Gasteiger partial charge >= 0.3 is 0 Å². The lowest BCUT2D eigenvalue weighted by atomic mass is 10.2. The molecule has 96 valence electrons. The van der Waals surface area contributed by atoms with Crippen molar-refractivity contribution in [1.82, 2.24) is 0 Å². The van der Waals surface area contributed by atoms with E-state index >= 15 is 0 Å². The molecule has 1 aromatic carbocycles. The Labute approximate surface area is 103 Å². The second kappa shape index (κ2) is 7.92. The minimum atomic E-state index is 0.612. The molecule has 1 aromatic rings. The highest BCUT2D eigenvalue weighted by molar-refractivity contribution is 5.53. The van der Waals surface area contributed by atoms with Crippen LogP contribution in [0.4, 0.5) is 5.69 Å². The maximum absolute atomic E-state index is 5.80. The summed E-state index contributed by atoms with van der Waals surface area (Å²) < 4.78 is 15.8. The molecule has 1 rings (SSSR count). The first-order valence-corrected chi connectivity index (χ1v) is 5.79. The summed E-state index contributed by atoms with van der Waals surface area (Å²) in [6.07, 6.45) is 0.844. The molecule has 0 heterocycles. The fraction of sp³-hybridized carbons (Fsp3) is 0.538. The van der Waals surface area contributed by atoms with E-state index in [1.807, 2.05) is 25.1 Å². The fourth-order valence-electron chi connectivity index (χ4n) is 1.35. The van der Waals surface area contributed by atoms with Crippen LogP contribution >= 0.6 is 0 Å². The first-order chi connectivity index (χ1) is 8.24. The zero-order valence-electron chi connectivity index (χ0n) is 10.6. The van der Waals surface area contributed by atoms with Crippen LogP contribution in [-0.4, -0.2) is 33.5 Å². The van der Waals surface area contributed by atoms with Crippen LogP contribution in [0.2, 0.25) is 0 Å². The summed E-state index contributed by atoms with van der Waals surface area (Å²) in [5.41, 5.74) is 7.62. The molecule has 0 aliphatic carbocycles. The second-order valence-corrected chi connectivity index (χ2v) is 3.85. The highest BCUT2D eigenvalue weighted by Crippen LogP contribution is 2.22. The van der Waals surface area contributed by atoms with Crippen molar-refractivity contribution in [3.63, 3.8) is 0 Å². The number of ether oxygens (including phenoxy) is 3. The number of aryl methyl sites for hydroxylation is 1. The van der Waals surface area contributed by atoms with Crippen LogP contribution in [-0.2, 0) is 9.47 Å². The van der Waals surface area contributed by atoms with Crippen LogP contribution in [0.5, 0.6) is 5.75 Å². The summed E-state index contributed by atoms with van der Waals surface area (Å²) in [5.74, 6) is 0.752. The van der Waals surface area contributed by atoms with E-state index in [9.17, 15) is 0 Å². The van der Waals surface area contributed by atoms with Gasteiger partial charge in [0.25, 0.3) is 0 Å². The van der Waals surface area contributed by atoms with E-state index in [-0.39, 0.29) is 0 Å². The highest BCUT2D eigenvalue weighted by atomic mass is 16.5. The van der Waals surface area contributed by atoms with Gasteiger partial charge in [-0.3, -0.25) is 0 Å². The van der Waals surface area contributed by atoms with Crippen LogP contribution in [0, 0.1) is 6.92 Å². The Bertz CT molecular complexity index is 328. The van der Waals surface area contributed by atoms with E-state index in [4.69, 9.17) is 19.9 Å². The molecule has 4 nitrogen and oxygen atoms in total. The number of nitrogen functional groups attached to an aromatic ring is 1. The first-order valence-electron chi connectivity index (χ1n) is 5.79. The van der Waals surface area contributed by atoms with Gasteiger partial charge in [-0.05, 0) is 24.6 Å². The van der Waals surface area contributed by atoms with E-state index in [0.29, 0.717) is 32.1 Å². The van der Waals surface area contributed by atoms with Crippen LogP contribution in [0.25, 0.3) is 0 Å². The van der Waals surface area contributed by atoms with Crippen molar-refractivity contribution in [1.29, 1.82) is 0 Å². The first kappa shape index (κ1) is 13.8. The number of rotatable bonds is 8. The molecule has 0 saturated heterocycles. The molecular formula is C13H21NO3. The molecule has 0 saturated carbocycles. The van der Waals surface area contributed by atoms with Crippen molar-refractivity contribution in [2.24, 2.45) is 0 Å². The summed E-state index contributed by atoms with van der Waals surface area (Å²) >= 11 is 0. The highest BCUT2D eigenvalue weighted by Gasteiger charge is 2.00. The van der Waals surface area contributed by atoms with Gasteiger partial charge in [-0.25, -0.2) is 0 Å². The lowest BCUT2D eigenvalue weighted by molar-refractivity contribution is 0.0645.